The van der Waals surface area contributed by atoms with Crippen molar-refractivity contribution in [3.05, 3.63) is 32.6 Å². The summed E-state index contributed by atoms with van der Waals surface area (Å²) in [5, 5.41) is 19.2. The van der Waals surface area contributed by atoms with Crippen molar-refractivity contribution in [3.63, 3.8) is 0 Å². The molecule has 7 nitrogen and oxygen atoms in total. The van der Waals surface area contributed by atoms with Gasteiger partial charge in [0.15, 0.2) is 6.23 Å². The second kappa shape index (κ2) is 5.58. The average molecular weight is 335 g/mol. The van der Waals surface area contributed by atoms with Crippen molar-refractivity contribution in [3.8, 4) is 0 Å². The largest absolute Gasteiger partial charge is 0.394 e. The van der Waals surface area contributed by atoms with Gasteiger partial charge in [0.05, 0.1) is 17.5 Å². The van der Waals surface area contributed by atoms with Gasteiger partial charge in [0.1, 0.15) is 6.10 Å². The highest BCUT2D eigenvalue weighted by Gasteiger charge is 2.43. The first-order valence-electron chi connectivity index (χ1n) is 5.92. The predicted molar refractivity (Wildman–Crippen MR) is 70.4 cm³/mol. The molecule has 19 heavy (non-hydrogen) atoms. The van der Waals surface area contributed by atoms with E-state index in [0.717, 1.165) is 4.57 Å². The topological polar surface area (TPSA) is 105 Å². The molecule has 106 valence electrons. The number of hydrogen-bond acceptors (Lipinski definition) is 5. The van der Waals surface area contributed by atoms with Gasteiger partial charge >= 0.3 is 5.69 Å². The van der Waals surface area contributed by atoms with Crippen LogP contribution in [-0.2, 0) is 11.2 Å². The summed E-state index contributed by atoms with van der Waals surface area (Å²) in [4.78, 5) is 25.0. The zero-order valence-electron chi connectivity index (χ0n) is 10.2. The minimum Gasteiger partial charge on any atom is -0.394 e. The van der Waals surface area contributed by atoms with E-state index < -0.39 is 34.5 Å². The summed E-state index contributed by atoms with van der Waals surface area (Å²) in [6, 6.07) is 0. The number of halogens is 1. The zero-order chi connectivity index (χ0) is 14.2. The molecule has 1 fully saturated rings. The van der Waals surface area contributed by atoms with E-state index in [1.807, 2.05) is 0 Å². The first-order valence-corrected chi connectivity index (χ1v) is 6.84. The van der Waals surface area contributed by atoms with Crippen molar-refractivity contribution < 1.29 is 14.9 Å². The van der Waals surface area contributed by atoms with Crippen molar-refractivity contribution in [1.82, 2.24) is 9.55 Å². The number of aliphatic hydroxyl groups excluding tert-OH is 2. The Morgan fingerprint density at radius 1 is 1.53 bits per heavy atom. The minimum absolute atomic E-state index is 0.276. The Bertz CT molecular complexity index is 569. The third-order valence-electron chi connectivity index (χ3n) is 3.16. The van der Waals surface area contributed by atoms with Crippen molar-refractivity contribution in [2.24, 2.45) is 0 Å². The van der Waals surface area contributed by atoms with E-state index in [4.69, 9.17) is 9.84 Å². The maximum atomic E-state index is 11.8. The monoisotopic (exact) mass is 334 g/mol. The summed E-state index contributed by atoms with van der Waals surface area (Å²) in [6.07, 6.45) is -0.695. The van der Waals surface area contributed by atoms with E-state index in [9.17, 15) is 14.7 Å². The predicted octanol–water partition coefficient (Wildman–Crippen LogP) is -0.887. The van der Waals surface area contributed by atoms with E-state index in [-0.39, 0.29) is 6.61 Å². The molecule has 1 saturated heterocycles. The number of H-pyrrole nitrogens is 1. The number of aromatic nitrogens is 2. The maximum Gasteiger partial charge on any atom is 0.330 e. The summed E-state index contributed by atoms with van der Waals surface area (Å²) in [5.41, 5.74) is -0.663. The van der Waals surface area contributed by atoms with Crippen LogP contribution in [0.25, 0.3) is 0 Å². The molecule has 1 aliphatic rings. The molecule has 4 atom stereocenters. The fourth-order valence-electron chi connectivity index (χ4n) is 2.05. The van der Waals surface area contributed by atoms with Crippen LogP contribution in [0, 0.1) is 0 Å². The molecule has 2 heterocycles. The molecule has 2 rings (SSSR count). The standard InChI is InChI=1S/C11H15BrN2O5/c1-2-5-3-14(11(18)13-9(5)17)10-8(16)7(12)6(4-15)19-10/h3,6-8,10,15-16H,2,4H2,1H3,(H,13,17,18)/t6-,7+,8-,10-/m1/s1. The van der Waals surface area contributed by atoms with Crippen LogP contribution < -0.4 is 11.2 Å². The maximum absolute atomic E-state index is 11.8. The molecule has 0 bridgehead atoms. The van der Waals surface area contributed by atoms with Crippen LogP contribution in [0.2, 0.25) is 0 Å². The fraction of sp³-hybridized carbons (Fsp3) is 0.636. The number of alkyl halides is 1. The summed E-state index contributed by atoms with van der Waals surface area (Å²) < 4.78 is 6.58. The number of nitrogens with one attached hydrogen (secondary N) is 1. The molecule has 0 radical (unpaired) electrons. The van der Waals surface area contributed by atoms with E-state index in [1.165, 1.54) is 6.20 Å². The SMILES string of the molecule is CCc1cn([C@@H]2O[C@H](CO)[C@H](Br)[C@H]2O)c(=O)[nH]c1=O. The van der Waals surface area contributed by atoms with E-state index in [0.29, 0.717) is 12.0 Å². The van der Waals surface area contributed by atoms with Gasteiger partial charge in [0.2, 0.25) is 0 Å². The third-order valence-corrected chi connectivity index (χ3v) is 4.30. The van der Waals surface area contributed by atoms with Crippen LogP contribution in [0.5, 0.6) is 0 Å². The lowest BCUT2D eigenvalue weighted by molar-refractivity contribution is -0.0531. The number of aromatic amines is 1. The van der Waals surface area contributed by atoms with Gasteiger partial charge < -0.3 is 14.9 Å². The van der Waals surface area contributed by atoms with Crippen LogP contribution in [0.15, 0.2) is 15.8 Å². The highest BCUT2D eigenvalue weighted by Crippen LogP contribution is 2.32. The van der Waals surface area contributed by atoms with Gasteiger partial charge in [-0.25, -0.2) is 4.79 Å². The van der Waals surface area contributed by atoms with Crippen molar-refractivity contribution in [1.29, 1.82) is 0 Å². The molecule has 8 heteroatoms. The smallest absolute Gasteiger partial charge is 0.330 e. The van der Waals surface area contributed by atoms with Gasteiger partial charge in [-0.15, -0.1) is 0 Å². The lowest BCUT2D eigenvalue weighted by Gasteiger charge is -2.17. The van der Waals surface area contributed by atoms with Gasteiger partial charge in [-0.3, -0.25) is 14.3 Å². The second-order valence-corrected chi connectivity index (χ2v) is 5.41. The van der Waals surface area contributed by atoms with Gasteiger partial charge in [-0.2, -0.15) is 0 Å². The van der Waals surface area contributed by atoms with E-state index in [2.05, 4.69) is 20.9 Å². The highest BCUT2D eigenvalue weighted by atomic mass is 79.9. The van der Waals surface area contributed by atoms with Gasteiger partial charge in [-0.1, -0.05) is 22.9 Å². The molecule has 0 spiro atoms. The third kappa shape index (κ3) is 2.53. The number of aliphatic hydroxyl groups is 2. The van der Waals surface area contributed by atoms with Crippen LogP contribution in [-0.4, -0.2) is 43.4 Å². The number of ether oxygens (including phenoxy) is 1. The second-order valence-electron chi connectivity index (χ2n) is 4.36. The van der Waals surface area contributed by atoms with Crippen LogP contribution in [0.3, 0.4) is 0 Å². The Morgan fingerprint density at radius 3 is 2.74 bits per heavy atom. The number of nitrogens with zero attached hydrogens (tertiary/aromatic N) is 1. The molecule has 0 unspecified atom stereocenters. The summed E-state index contributed by atoms with van der Waals surface area (Å²) in [7, 11) is 0. The zero-order valence-corrected chi connectivity index (χ0v) is 11.8. The van der Waals surface area contributed by atoms with Gasteiger partial charge in [0, 0.05) is 11.8 Å². The average Bonchev–Trinajstić information content (AvgIpc) is 2.67. The molecule has 0 aromatic carbocycles. The normalized spacial score (nSPS) is 30.7. The van der Waals surface area contributed by atoms with Gasteiger partial charge in [0.25, 0.3) is 5.56 Å². The first-order chi connectivity index (χ1) is 8.99. The molecular formula is C11H15BrN2O5. The molecule has 0 amide bonds. The minimum atomic E-state index is -0.995. The Kier molecular flexibility index (Phi) is 4.24. The Morgan fingerprint density at radius 2 is 2.21 bits per heavy atom. The number of hydrogen-bond donors (Lipinski definition) is 3. The summed E-state index contributed by atoms with van der Waals surface area (Å²) in [6.45, 7) is 1.51. The highest BCUT2D eigenvalue weighted by molar-refractivity contribution is 9.09. The van der Waals surface area contributed by atoms with Crippen LogP contribution >= 0.6 is 15.9 Å². The number of aryl methyl sites for hydroxylation is 1. The lowest BCUT2D eigenvalue weighted by Crippen LogP contribution is -2.37. The van der Waals surface area contributed by atoms with Crippen molar-refractivity contribution in [2.75, 3.05) is 6.61 Å². The van der Waals surface area contributed by atoms with E-state index in [1.54, 1.807) is 6.92 Å². The first kappa shape index (κ1) is 14.4. The van der Waals surface area contributed by atoms with E-state index >= 15 is 0 Å². The molecule has 0 aliphatic carbocycles. The number of rotatable bonds is 3. The van der Waals surface area contributed by atoms with Crippen LogP contribution in [0.1, 0.15) is 18.7 Å². The fourth-order valence-corrected chi connectivity index (χ4v) is 2.61. The lowest BCUT2D eigenvalue weighted by atomic mass is 10.2. The van der Waals surface area contributed by atoms with Crippen molar-refractivity contribution in [2.45, 2.75) is 36.6 Å². The van der Waals surface area contributed by atoms with Gasteiger partial charge in [-0.05, 0) is 6.42 Å². The quantitative estimate of drug-likeness (QED) is 0.622. The van der Waals surface area contributed by atoms with Crippen molar-refractivity contribution >= 4 is 15.9 Å². The summed E-state index contributed by atoms with van der Waals surface area (Å²) >= 11 is 3.22. The molecule has 0 saturated carbocycles. The van der Waals surface area contributed by atoms with Crippen LogP contribution in [0.4, 0.5) is 0 Å². The molecule has 1 aliphatic heterocycles. The Hall–Kier alpha value is -0.960. The Labute approximate surface area is 117 Å². The summed E-state index contributed by atoms with van der Waals surface area (Å²) in [5.74, 6) is 0. The molecule has 1 aromatic rings. The molecule has 3 N–H and O–H groups in total. The molecule has 1 aromatic heterocycles. The Balaban J connectivity index is 2.43. The molecular weight excluding hydrogens is 320 g/mol.